The van der Waals surface area contributed by atoms with Crippen molar-refractivity contribution < 1.29 is 48.2 Å². The highest BCUT2D eigenvalue weighted by Gasteiger charge is 2.64. The molecule has 1 saturated carbocycles. The minimum absolute atomic E-state index is 0.00822. The molecule has 16 nitrogen and oxygen atoms in total. The number of methoxy groups -OCH3 is 2. The van der Waals surface area contributed by atoms with Gasteiger partial charge in [-0.1, -0.05) is 85.2 Å². The van der Waals surface area contributed by atoms with Gasteiger partial charge in [0, 0.05) is 46.7 Å². The highest BCUT2D eigenvalue weighted by atomic mass is 16.7. The SMILES string of the molecule is CCC(C)C(C(CC(=O)N1CCC[C@H]1C(OC)C(C)C(=O)N[C@@]1(C(=O)N2CCCCO2)C[C@@H]1c1ccccc1)OC)N(C)C(=O)C(NC(=O)C(C(C)C)N(C)CCCC(=O)O)C(C)C. The van der Waals surface area contributed by atoms with Gasteiger partial charge in [0.15, 0.2) is 0 Å². The third-order valence-corrected chi connectivity index (χ3v) is 13.9. The maximum absolute atomic E-state index is 14.5. The number of hydroxylamine groups is 2. The molecular formula is C48H78N6O10. The van der Waals surface area contributed by atoms with Gasteiger partial charge in [-0.05, 0) is 75.4 Å². The first-order valence-electron chi connectivity index (χ1n) is 23.5. The summed E-state index contributed by atoms with van der Waals surface area (Å²) in [5, 5.41) is 16.7. The quantitative estimate of drug-likeness (QED) is 0.133. The lowest BCUT2D eigenvalue weighted by Crippen LogP contribution is -2.60. The fourth-order valence-corrected chi connectivity index (χ4v) is 10.0. The summed E-state index contributed by atoms with van der Waals surface area (Å²) in [6, 6.07) is 7.31. The average molecular weight is 899 g/mol. The Labute approximate surface area is 381 Å². The largest absolute Gasteiger partial charge is 0.481 e. The Hall–Kier alpha value is -4.12. The zero-order chi connectivity index (χ0) is 47.5. The van der Waals surface area contributed by atoms with Crippen molar-refractivity contribution >= 4 is 35.5 Å². The van der Waals surface area contributed by atoms with Crippen molar-refractivity contribution in [2.75, 3.05) is 54.6 Å². The molecule has 0 radical (unpaired) electrons. The Bertz CT molecular complexity index is 1730. The minimum atomic E-state index is -1.15. The number of likely N-dealkylation sites (N-methyl/N-ethyl adjacent to an activating group) is 2. The first-order valence-corrected chi connectivity index (χ1v) is 23.5. The van der Waals surface area contributed by atoms with E-state index in [9.17, 15) is 28.8 Å². The number of nitrogens with zero attached hydrogens (tertiary/aromatic N) is 4. The smallest absolute Gasteiger partial charge is 0.303 e. The first kappa shape index (κ1) is 52.5. The summed E-state index contributed by atoms with van der Waals surface area (Å²) in [5.74, 6) is -3.67. The van der Waals surface area contributed by atoms with E-state index < -0.39 is 53.8 Å². The molecule has 4 rings (SSSR count). The van der Waals surface area contributed by atoms with Gasteiger partial charge < -0.3 is 35.0 Å². The summed E-state index contributed by atoms with van der Waals surface area (Å²) < 4.78 is 12.1. The lowest BCUT2D eigenvalue weighted by Gasteiger charge is -2.41. The van der Waals surface area contributed by atoms with Crippen LogP contribution in [0.4, 0.5) is 0 Å². The molecular weight excluding hydrogens is 821 g/mol. The van der Waals surface area contributed by atoms with E-state index >= 15 is 0 Å². The molecule has 5 amide bonds. The molecule has 0 bridgehead atoms. The Morgan fingerprint density at radius 1 is 0.922 bits per heavy atom. The summed E-state index contributed by atoms with van der Waals surface area (Å²) in [7, 11) is 6.58. The fraction of sp³-hybridized carbons (Fsp3) is 0.750. The number of likely N-dealkylation sites (tertiary alicyclic amines) is 1. The van der Waals surface area contributed by atoms with Gasteiger partial charge in [0.2, 0.25) is 23.6 Å². The second-order valence-electron chi connectivity index (χ2n) is 19.1. The normalized spacial score (nSPS) is 23.2. The second-order valence-corrected chi connectivity index (χ2v) is 19.1. The molecule has 0 aromatic heterocycles. The van der Waals surface area contributed by atoms with Crippen molar-refractivity contribution in [1.82, 2.24) is 30.4 Å². The lowest BCUT2D eigenvalue weighted by molar-refractivity contribution is -0.200. The highest BCUT2D eigenvalue weighted by Crippen LogP contribution is 2.53. The number of hydrogen-bond acceptors (Lipinski definition) is 10. The summed E-state index contributed by atoms with van der Waals surface area (Å²) in [5.41, 5.74) is -0.188. The molecule has 0 spiro atoms. The number of amides is 5. The number of carboxylic acids is 1. The molecule has 1 aromatic carbocycles. The molecule has 2 saturated heterocycles. The van der Waals surface area contributed by atoms with Gasteiger partial charge in [-0.25, -0.2) is 5.06 Å². The van der Waals surface area contributed by atoms with E-state index in [0.717, 1.165) is 18.4 Å². The molecule has 3 aliphatic rings. The second kappa shape index (κ2) is 23.9. The van der Waals surface area contributed by atoms with Crippen LogP contribution in [0.1, 0.15) is 118 Å². The Morgan fingerprint density at radius 2 is 1.61 bits per heavy atom. The zero-order valence-corrected chi connectivity index (χ0v) is 40.3. The van der Waals surface area contributed by atoms with E-state index in [-0.39, 0.29) is 66.0 Å². The number of carbonyl (C=O) groups excluding carboxylic acids is 5. The van der Waals surface area contributed by atoms with E-state index in [1.54, 1.807) is 45.0 Å². The average Bonchev–Trinajstić information content (AvgIpc) is 3.79. The van der Waals surface area contributed by atoms with Crippen molar-refractivity contribution in [3.8, 4) is 0 Å². The maximum Gasteiger partial charge on any atom is 0.303 e. The molecule has 7 unspecified atom stereocenters. The summed E-state index contributed by atoms with van der Waals surface area (Å²) in [6.07, 6.45) is 3.13. The van der Waals surface area contributed by atoms with E-state index in [4.69, 9.17) is 19.4 Å². The molecule has 2 aliphatic heterocycles. The van der Waals surface area contributed by atoms with Crippen LogP contribution in [0.2, 0.25) is 0 Å². The number of ether oxygens (including phenoxy) is 2. The van der Waals surface area contributed by atoms with Crippen molar-refractivity contribution in [2.24, 2.45) is 23.7 Å². The van der Waals surface area contributed by atoms with Crippen LogP contribution in [-0.4, -0.2) is 157 Å². The van der Waals surface area contributed by atoms with Crippen LogP contribution >= 0.6 is 0 Å². The molecule has 1 aliphatic carbocycles. The Kier molecular flexibility index (Phi) is 19.6. The van der Waals surface area contributed by atoms with Gasteiger partial charge in [0.1, 0.15) is 11.6 Å². The van der Waals surface area contributed by atoms with Crippen LogP contribution in [0.25, 0.3) is 0 Å². The van der Waals surface area contributed by atoms with Crippen LogP contribution in [0, 0.1) is 23.7 Å². The number of rotatable bonds is 24. The molecule has 2 heterocycles. The van der Waals surface area contributed by atoms with Crippen LogP contribution in [0.3, 0.4) is 0 Å². The van der Waals surface area contributed by atoms with Gasteiger partial charge in [0.05, 0.1) is 49.3 Å². The number of benzene rings is 1. The van der Waals surface area contributed by atoms with Crippen LogP contribution in [0.15, 0.2) is 30.3 Å². The molecule has 16 heteroatoms. The molecule has 64 heavy (non-hydrogen) atoms. The minimum Gasteiger partial charge on any atom is -0.481 e. The molecule has 3 fully saturated rings. The van der Waals surface area contributed by atoms with Crippen molar-refractivity contribution in [1.29, 1.82) is 0 Å². The van der Waals surface area contributed by atoms with E-state index in [1.165, 1.54) is 5.06 Å². The molecule has 10 atom stereocenters. The zero-order valence-electron chi connectivity index (χ0n) is 40.3. The van der Waals surface area contributed by atoms with E-state index in [0.29, 0.717) is 58.3 Å². The standard InChI is InChI=1S/C48H78N6O10/c1-12-32(6)42(52(9)46(60)40(30(2)3)49-45(59)41(31(4)5)51(8)24-19-23-39(56)57)37(62-10)28-38(55)53-25-18-22-36(53)43(63-11)33(7)44(58)50-48(47(61)54-26-16-17-27-64-54)29-35(48)34-20-14-13-15-21-34/h13-15,20-21,30-33,35-37,40-43H,12,16-19,22-29H2,1-11H3,(H,49,59)(H,50,58)(H,56,57)/t32?,33?,35-,36+,37?,40?,41?,42?,43?,48+/m1/s1. The van der Waals surface area contributed by atoms with E-state index in [1.807, 2.05) is 76.8 Å². The van der Waals surface area contributed by atoms with Gasteiger partial charge in [-0.3, -0.25) is 38.5 Å². The van der Waals surface area contributed by atoms with E-state index in [2.05, 4.69) is 10.6 Å². The van der Waals surface area contributed by atoms with Crippen molar-refractivity contribution in [3.05, 3.63) is 35.9 Å². The van der Waals surface area contributed by atoms with Gasteiger partial charge >= 0.3 is 5.97 Å². The van der Waals surface area contributed by atoms with Gasteiger partial charge in [-0.2, -0.15) is 0 Å². The number of carbonyl (C=O) groups is 6. The third-order valence-electron chi connectivity index (χ3n) is 13.9. The summed E-state index contributed by atoms with van der Waals surface area (Å²) in [6.45, 7) is 15.2. The van der Waals surface area contributed by atoms with Crippen molar-refractivity contribution in [3.63, 3.8) is 0 Å². The molecule has 3 N–H and O–H groups in total. The Balaban J connectivity index is 1.50. The predicted molar refractivity (Wildman–Crippen MR) is 243 cm³/mol. The summed E-state index contributed by atoms with van der Waals surface area (Å²) >= 11 is 0. The monoisotopic (exact) mass is 899 g/mol. The molecule has 1 aromatic rings. The number of aliphatic carboxylic acids is 1. The van der Waals surface area contributed by atoms with Crippen LogP contribution in [0.5, 0.6) is 0 Å². The number of carboxylic acid groups (broad SMARTS) is 1. The predicted octanol–water partition coefficient (Wildman–Crippen LogP) is 4.47. The summed E-state index contributed by atoms with van der Waals surface area (Å²) in [4.78, 5) is 93.4. The van der Waals surface area contributed by atoms with Gasteiger partial charge in [0.25, 0.3) is 5.91 Å². The third kappa shape index (κ3) is 12.6. The highest BCUT2D eigenvalue weighted by molar-refractivity contribution is 5.96. The van der Waals surface area contributed by atoms with Crippen LogP contribution in [-0.2, 0) is 43.1 Å². The lowest BCUT2D eigenvalue weighted by atomic mass is 9.89. The molecule has 360 valence electrons. The van der Waals surface area contributed by atoms with Crippen molar-refractivity contribution in [2.45, 2.75) is 154 Å². The first-order chi connectivity index (χ1) is 30.3. The Morgan fingerprint density at radius 3 is 2.17 bits per heavy atom. The van der Waals surface area contributed by atoms with Crippen LogP contribution < -0.4 is 10.6 Å². The number of nitrogens with one attached hydrogen (secondary N) is 2. The van der Waals surface area contributed by atoms with Gasteiger partial charge in [-0.15, -0.1) is 0 Å². The maximum atomic E-state index is 14.5. The number of hydrogen-bond donors (Lipinski definition) is 3. The topological polar surface area (TPSA) is 187 Å². The fourth-order valence-electron chi connectivity index (χ4n) is 10.0.